The van der Waals surface area contributed by atoms with E-state index in [4.69, 9.17) is 4.74 Å². The number of rotatable bonds is 5. The monoisotopic (exact) mass is 348 g/mol. The molecule has 0 saturated heterocycles. The highest BCUT2D eigenvalue weighted by molar-refractivity contribution is 5.85. The van der Waals surface area contributed by atoms with Crippen molar-refractivity contribution in [2.24, 2.45) is 0 Å². The number of hydrogen-bond donors (Lipinski definition) is 2. The Morgan fingerprint density at radius 3 is 2.81 bits per heavy atom. The fourth-order valence-corrected chi connectivity index (χ4v) is 3.84. The van der Waals surface area contributed by atoms with Crippen LogP contribution in [-0.2, 0) is 24.1 Å². The second-order valence-electron chi connectivity index (χ2n) is 6.89. The number of amides is 1. The topological polar surface area (TPSA) is 54.1 Å². The molecule has 1 unspecified atom stereocenters. The molecule has 2 N–H and O–H groups in total. The van der Waals surface area contributed by atoms with E-state index in [9.17, 15) is 4.79 Å². The number of hydrogen-bond acceptors (Lipinski definition) is 2. The van der Waals surface area contributed by atoms with Gasteiger partial charge in [-0.2, -0.15) is 0 Å². The molecule has 2 aromatic carbocycles. The quantitative estimate of drug-likeness (QED) is 0.737. The minimum Gasteiger partial charge on any atom is -0.494 e. The molecule has 0 fully saturated rings. The summed E-state index contributed by atoms with van der Waals surface area (Å²) in [6.45, 7) is 2.61. The molecule has 4 nitrogen and oxygen atoms in total. The molecular formula is C22H24N2O2. The van der Waals surface area contributed by atoms with E-state index in [0.29, 0.717) is 13.0 Å². The molecule has 0 aliphatic heterocycles. The summed E-state index contributed by atoms with van der Waals surface area (Å²) in [4.78, 5) is 15.9. The second-order valence-corrected chi connectivity index (χ2v) is 6.89. The lowest BCUT2D eigenvalue weighted by atomic mass is 9.91. The van der Waals surface area contributed by atoms with Crippen LogP contribution in [0, 0.1) is 0 Å². The van der Waals surface area contributed by atoms with Gasteiger partial charge < -0.3 is 15.0 Å². The lowest BCUT2D eigenvalue weighted by Crippen LogP contribution is -2.39. The highest BCUT2D eigenvalue weighted by atomic mass is 16.5. The molecule has 1 atom stereocenters. The first-order valence-corrected chi connectivity index (χ1v) is 9.32. The fourth-order valence-electron chi connectivity index (χ4n) is 3.84. The van der Waals surface area contributed by atoms with Crippen LogP contribution < -0.4 is 10.1 Å². The molecule has 0 radical (unpaired) electrons. The average molecular weight is 348 g/mol. The van der Waals surface area contributed by atoms with Gasteiger partial charge in [0.1, 0.15) is 5.75 Å². The van der Waals surface area contributed by atoms with E-state index in [0.717, 1.165) is 30.6 Å². The zero-order valence-corrected chi connectivity index (χ0v) is 15.0. The zero-order chi connectivity index (χ0) is 17.9. The van der Waals surface area contributed by atoms with Gasteiger partial charge in [0.25, 0.3) is 0 Å². The van der Waals surface area contributed by atoms with Crippen molar-refractivity contribution in [2.45, 2.75) is 38.6 Å². The Morgan fingerprint density at radius 1 is 1.19 bits per heavy atom. The molecule has 0 spiro atoms. The summed E-state index contributed by atoms with van der Waals surface area (Å²) in [5, 5.41) is 4.52. The van der Waals surface area contributed by atoms with Crippen LogP contribution in [0.3, 0.4) is 0 Å². The molecule has 0 bridgehead atoms. The summed E-state index contributed by atoms with van der Waals surface area (Å²) in [5.41, 5.74) is 4.88. The maximum absolute atomic E-state index is 12.4. The van der Waals surface area contributed by atoms with E-state index in [1.807, 2.05) is 31.2 Å². The van der Waals surface area contributed by atoms with Gasteiger partial charge in [-0.05, 0) is 49.1 Å². The Morgan fingerprint density at radius 2 is 2.00 bits per heavy atom. The van der Waals surface area contributed by atoms with Crippen molar-refractivity contribution in [1.29, 1.82) is 0 Å². The number of H-pyrrole nitrogens is 1. The fraction of sp³-hybridized carbons (Fsp3) is 0.318. The average Bonchev–Trinajstić information content (AvgIpc) is 3.01. The summed E-state index contributed by atoms with van der Waals surface area (Å²) in [7, 11) is 0. The summed E-state index contributed by atoms with van der Waals surface area (Å²) >= 11 is 0. The normalized spacial score (nSPS) is 16.3. The molecule has 4 heteroatoms. The molecule has 134 valence electrons. The number of benzene rings is 2. The molecule has 4 rings (SSSR count). The first-order chi connectivity index (χ1) is 12.7. The molecular weight excluding hydrogens is 324 g/mol. The third kappa shape index (κ3) is 3.45. The van der Waals surface area contributed by atoms with Crippen molar-refractivity contribution < 1.29 is 9.53 Å². The number of aromatic amines is 1. The number of aromatic nitrogens is 1. The SMILES string of the molecule is CCOc1ccc(CC(=O)NC2CCc3c([nH]c4ccccc34)C2)cc1. The van der Waals surface area contributed by atoms with Gasteiger partial charge in [-0.15, -0.1) is 0 Å². The number of nitrogens with one attached hydrogen (secondary N) is 2. The number of carbonyl (C=O) groups is 1. The van der Waals surface area contributed by atoms with Crippen LogP contribution in [0.1, 0.15) is 30.2 Å². The smallest absolute Gasteiger partial charge is 0.224 e. The number of ether oxygens (including phenoxy) is 1. The Bertz CT molecular complexity index is 912. The van der Waals surface area contributed by atoms with E-state index in [2.05, 4.69) is 34.6 Å². The lowest BCUT2D eigenvalue weighted by Gasteiger charge is -2.23. The van der Waals surface area contributed by atoms with Crippen LogP contribution in [0.2, 0.25) is 0 Å². The van der Waals surface area contributed by atoms with Gasteiger partial charge in [0.2, 0.25) is 5.91 Å². The van der Waals surface area contributed by atoms with Crippen LogP contribution in [0.25, 0.3) is 10.9 Å². The first kappa shape index (κ1) is 16.7. The number of aryl methyl sites for hydroxylation is 1. The minimum atomic E-state index is 0.0821. The van der Waals surface area contributed by atoms with Crippen LogP contribution in [0.15, 0.2) is 48.5 Å². The predicted molar refractivity (Wildman–Crippen MR) is 104 cm³/mol. The minimum absolute atomic E-state index is 0.0821. The Labute approximate surface area is 153 Å². The summed E-state index contributed by atoms with van der Waals surface area (Å²) in [6, 6.07) is 16.4. The standard InChI is InChI=1S/C22H24N2O2/c1-2-26-17-10-7-15(8-11-17)13-22(25)23-16-9-12-19-18-5-3-4-6-20(18)24-21(19)14-16/h3-8,10-11,16,24H,2,9,12-14H2,1H3,(H,23,25). The zero-order valence-electron chi connectivity index (χ0n) is 15.0. The lowest BCUT2D eigenvalue weighted by molar-refractivity contribution is -0.121. The van der Waals surface area contributed by atoms with Crippen molar-refractivity contribution >= 4 is 16.8 Å². The van der Waals surface area contributed by atoms with Gasteiger partial charge in [-0.25, -0.2) is 0 Å². The number of para-hydroxylation sites is 1. The van der Waals surface area contributed by atoms with Crippen LogP contribution in [0.5, 0.6) is 5.75 Å². The second kappa shape index (κ2) is 7.24. The predicted octanol–water partition coefficient (Wildman–Crippen LogP) is 3.78. The highest BCUT2D eigenvalue weighted by Gasteiger charge is 2.23. The molecule has 26 heavy (non-hydrogen) atoms. The highest BCUT2D eigenvalue weighted by Crippen LogP contribution is 2.29. The molecule has 1 aliphatic carbocycles. The van der Waals surface area contributed by atoms with Crippen LogP contribution in [-0.4, -0.2) is 23.5 Å². The molecule has 1 aliphatic rings. The van der Waals surface area contributed by atoms with Gasteiger partial charge >= 0.3 is 0 Å². The van der Waals surface area contributed by atoms with Gasteiger partial charge in [0.05, 0.1) is 13.0 Å². The molecule has 3 aromatic rings. The van der Waals surface area contributed by atoms with Crippen molar-refractivity contribution in [1.82, 2.24) is 10.3 Å². The first-order valence-electron chi connectivity index (χ1n) is 9.32. The van der Waals surface area contributed by atoms with Crippen molar-refractivity contribution in [2.75, 3.05) is 6.61 Å². The number of fused-ring (bicyclic) bond motifs is 3. The Kier molecular flexibility index (Phi) is 4.65. The van der Waals surface area contributed by atoms with Gasteiger partial charge in [-0.1, -0.05) is 30.3 Å². The largest absolute Gasteiger partial charge is 0.494 e. The summed E-state index contributed by atoms with van der Waals surface area (Å²) in [6.07, 6.45) is 3.28. The molecule has 1 amide bonds. The van der Waals surface area contributed by atoms with E-state index in [-0.39, 0.29) is 11.9 Å². The molecule has 1 aromatic heterocycles. The maximum atomic E-state index is 12.4. The van der Waals surface area contributed by atoms with E-state index in [1.54, 1.807) is 0 Å². The third-order valence-electron chi connectivity index (χ3n) is 5.06. The van der Waals surface area contributed by atoms with Crippen molar-refractivity contribution in [3.8, 4) is 5.75 Å². The van der Waals surface area contributed by atoms with E-state index >= 15 is 0 Å². The van der Waals surface area contributed by atoms with Gasteiger partial charge in [-0.3, -0.25) is 4.79 Å². The summed E-state index contributed by atoms with van der Waals surface area (Å²) < 4.78 is 5.44. The van der Waals surface area contributed by atoms with Crippen LogP contribution in [0.4, 0.5) is 0 Å². The Balaban J connectivity index is 1.38. The van der Waals surface area contributed by atoms with E-state index < -0.39 is 0 Å². The van der Waals surface area contributed by atoms with Crippen LogP contribution >= 0.6 is 0 Å². The van der Waals surface area contributed by atoms with Gasteiger partial charge in [0.15, 0.2) is 0 Å². The van der Waals surface area contributed by atoms with Crippen molar-refractivity contribution in [3.05, 3.63) is 65.4 Å². The third-order valence-corrected chi connectivity index (χ3v) is 5.06. The Hall–Kier alpha value is -2.75. The molecule has 1 heterocycles. The summed E-state index contributed by atoms with van der Waals surface area (Å²) in [5.74, 6) is 0.925. The van der Waals surface area contributed by atoms with Gasteiger partial charge in [0, 0.05) is 29.1 Å². The number of carbonyl (C=O) groups excluding carboxylic acids is 1. The van der Waals surface area contributed by atoms with E-state index in [1.165, 1.54) is 22.2 Å². The maximum Gasteiger partial charge on any atom is 0.224 e. The molecule has 0 saturated carbocycles. The van der Waals surface area contributed by atoms with Crippen molar-refractivity contribution in [3.63, 3.8) is 0 Å².